The molecule has 120 valence electrons. The molecule has 25 heavy (non-hydrogen) atoms. The summed E-state index contributed by atoms with van der Waals surface area (Å²) in [5.41, 5.74) is -1.99. The van der Waals surface area contributed by atoms with Gasteiger partial charge in [0.15, 0.2) is 0 Å². The molecule has 1 N–H and O–H groups in total. The molecule has 2 heterocycles. The second-order valence-electron chi connectivity index (χ2n) is 6.21. The number of aryl methyl sites for hydroxylation is 1. The standard InChI is InChI=1S/C15H11B3ClN3O3/c1-7-20-10-6-8(19)2-3-9(10)11(23)22(7)15(18)5-4-14(16,17)12(24)21-13(15)25/h2-3,6H,4-5H2,1H3,(H,21,24,25)/t15-/m1/s1. The zero-order chi connectivity index (χ0) is 18.6. The fraction of sp³-hybridized carbons (Fsp3) is 0.333. The zero-order valence-electron chi connectivity index (χ0n) is 13.4. The van der Waals surface area contributed by atoms with Crippen LogP contribution in [0, 0.1) is 6.92 Å². The van der Waals surface area contributed by atoms with Crippen molar-refractivity contribution in [3.63, 3.8) is 0 Å². The molecule has 1 atom stereocenters. The summed E-state index contributed by atoms with van der Waals surface area (Å²) in [6.45, 7) is 1.54. The lowest BCUT2D eigenvalue weighted by Crippen LogP contribution is -2.54. The summed E-state index contributed by atoms with van der Waals surface area (Å²) in [5.74, 6) is -1.52. The Morgan fingerprint density at radius 2 is 1.84 bits per heavy atom. The maximum atomic E-state index is 12.9. The van der Waals surface area contributed by atoms with Crippen LogP contribution < -0.4 is 10.9 Å². The van der Waals surface area contributed by atoms with Gasteiger partial charge in [0.05, 0.1) is 32.0 Å². The van der Waals surface area contributed by atoms with Crippen molar-refractivity contribution in [1.29, 1.82) is 0 Å². The zero-order valence-corrected chi connectivity index (χ0v) is 14.1. The predicted molar refractivity (Wildman–Crippen MR) is 96.1 cm³/mol. The molecule has 1 aliphatic heterocycles. The number of imide groups is 1. The van der Waals surface area contributed by atoms with Gasteiger partial charge in [-0.2, -0.15) is 0 Å². The fourth-order valence-corrected chi connectivity index (χ4v) is 3.07. The van der Waals surface area contributed by atoms with Crippen molar-refractivity contribution in [3.05, 3.63) is 39.4 Å². The number of nitrogens with one attached hydrogen (secondary N) is 1. The highest BCUT2D eigenvalue weighted by Gasteiger charge is 2.44. The van der Waals surface area contributed by atoms with Crippen LogP contribution in [0.25, 0.3) is 10.9 Å². The minimum absolute atomic E-state index is 0.0917. The van der Waals surface area contributed by atoms with Crippen LogP contribution in [0.15, 0.2) is 23.0 Å². The van der Waals surface area contributed by atoms with Gasteiger partial charge in [0.1, 0.15) is 13.7 Å². The average molecular weight is 349 g/mol. The van der Waals surface area contributed by atoms with Gasteiger partial charge in [-0.3, -0.25) is 24.3 Å². The topological polar surface area (TPSA) is 81.1 Å². The molecule has 2 amide bonds. The van der Waals surface area contributed by atoms with E-state index in [1.807, 2.05) is 0 Å². The molecule has 6 nitrogen and oxygen atoms in total. The lowest BCUT2D eigenvalue weighted by molar-refractivity contribution is -0.132. The van der Waals surface area contributed by atoms with Gasteiger partial charge in [0.25, 0.3) is 5.56 Å². The highest BCUT2D eigenvalue weighted by Crippen LogP contribution is 2.33. The minimum atomic E-state index is -1.85. The summed E-state index contributed by atoms with van der Waals surface area (Å²) in [4.78, 5) is 41.7. The number of nitrogens with zero attached hydrogens (tertiary/aromatic N) is 2. The highest BCUT2D eigenvalue weighted by molar-refractivity contribution is 6.52. The number of carbonyl (C=O) groups excluding carboxylic acids is 2. The smallest absolute Gasteiger partial charge is 0.261 e. The number of hydrogen-bond acceptors (Lipinski definition) is 4. The van der Waals surface area contributed by atoms with E-state index in [1.165, 1.54) is 19.1 Å². The Bertz CT molecular complexity index is 976. The summed E-state index contributed by atoms with van der Waals surface area (Å²) < 4.78 is 1.06. The molecule has 0 aliphatic carbocycles. The van der Waals surface area contributed by atoms with Gasteiger partial charge in [-0.05, 0) is 36.8 Å². The SMILES string of the molecule is [B]C1([B])CC[C@@]([B])(n2c(C)nc3cc(Cl)ccc3c2=O)C(=O)NC1=O. The highest BCUT2D eigenvalue weighted by atomic mass is 35.5. The van der Waals surface area contributed by atoms with E-state index in [-0.39, 0.29) is 24.1 Å². The van der Waals surface area contributed by atoms with E-state index in [9.17, 15) is 14.4 Å². The molecule has 6 radical (unpaired) electrons. The molecule has 1 aliphatic rings. The second kappa shape index (κ2) is 5.76. The number of aromatic nitrogens is 2. The van der Waals surface area contributed by atoms with Crippen LogP contribution in [0.4, 0.5) is 0 Å². The molecular formula is C15H11B3ClN3O3. The monoisotopic (exact) mass is 349 g/mol. The van der Waals surface area contributed by atoms with Gasteiger partial charge < -0.3 is 0 Å². The van der Waals surface area contributed by atoms with E-state index >= 15 is 0 Å². The maximum absolute atomic E-state index is 12.9. The van der Waals surface area contributed by atoms with Crippen molar-refractivity contribution in [3.8, 4) is 0 Å². The van der Waals surface area contributed by atoms with E-state index < -0.39 is 28.0 Å². The third-order valence-corrected chi connectivity index (χ3v) is 4.60. The molecule has 0 unspecified atom stereocenters. The Hall–Kier alpha value is -2.02. The first-order valence-corrected chi connectivity index (χ1v) is 7.86. The Balaban J connectivity index is 2.24. The first kappa shape index (κ1) is 17.8. The summed E-state index contributed by atoms with van der Waals surface area (Å²) in [7, 11) is 17.7. The van der Waals surface area contributed by atoms with Crippen molar-refractivity contribution >= 4 is 57.9 Å². The molecule has 3 rings (SSSR count). The summed E-state index contributed by atoms with van der Waals surface area (Å²) in [6, 6.07) is 4.58. The van der Waals surface area contributed by atoms with Crippen LogP contribution in [0.1, 0.15) is 18.7 Å². The van der Waals surface area contributed by atoms with Crippen molar-refractivity contribution in [2.24, 2.45) is 0 Å². The third kappa shape index (κ3) is 2.80. The van der Waals surface area contributed by atoms with Gasteiger partial charge in [-0.15, -0.1) is 0 Å². The lowest BCUT2D eigenvalue weighted by Gasteiger charge is -2.31. The van der Waals surface area contributed by atoms with Crippen molar-refractivity contribution in [1.82, 2.24) is 14.9 Å². The van der Waals surface area contributed by atoms with Crippen LogP contribution in [-0.4, -0.2) is 44.9 Å². The first-order valence-electron chi connectivity index (χ1n) is 7.48. The van der Waals surface area contributed by atoms with Gasteiger partial charge in [0, 0.05) is 5.02 Å². The Morgan fingerprint density at radius 1 is 1.16 bits per heavy atom. The molecule has 10 heteroatoms. The molecule has 0 bridgehead atoms. The van der Waals surface area contributed by atoms with Gasteiger partial charge >= 0.3 is 0 Å². The van der Waals surface area contributed by atoms with E-state index in [4.69, 9.17) is 35.1 Å². The lowest BCUT2D eigenvalue weighted by atomic mass is 9.51. The van der Waals surface area contributed by atoms with E-state index in [1.54, 1.807) is 6.07 Å². The van der Waals surface area contributed by atoms with Crippen molar-refractivity contribution in [2.45, 2.75) is 30.4 Å². The normalized spacial score (nSPS) is 23.3. The van der Waals surface area contributed by atoms with E-state index in [0.29, 0.717) is 10.5 Å². The van der Waals surface area contributed by atoms with E-state index in [2.05, 4.69) is 10.3 Å². The average Bonchev–Trinajstić information content (AvgIpc) is 2.58. The summed E-state index contributed by atoms with van der Waals surface area (Å²) >= 11 is 5.93. The number of fused-ring (bicyclic) bond motifs is 1. The van der Waals surface area contributed by atoms with Crippen LogP contribution in [0.3, 0.4) is 0 Å². The molecule has 1 aromatic heterocycles. The third-order valence-electron chi connectivity index (χ3n) is 4.36. The number of amides is 2. The molecule has 1 fully saturated rings. The Morgan fingerprint density at radius 3 is 2.52 bits per heavy atom. The molecule has 0 saturated carbocycles. The van der Waals surface area contributed by atoms with Gasteiger partial charge in [-0.1, -0.05) is 18.0 Å². The van der Waals surface area contributed by atoms with Crippen molar-refractivity contribution in [2.75, 3.05) is 0 Å². The molecule has 1 saturated heterocycles. The van der Waals surface area contributed by atoms with Crippen LogP contribution in [-0.2, 0) is 15.0 Å². The van der Waals surface area contributed by atoms with Crippen molar-refractivity contribution < 1.29 is 9.59 Å². The number of benzene rings is 1. The summed E-state index contributed by atoms with van der Waals surface area (Å²) in [5, 5.41) is 0.983. The van der Waals surface area contributed by atoms with Gasteiger partial charge in [-0.25, -0.2) is 4.98 Å². The number of rotatable bonds is 1. The van der Waals surface area contributed by atoms with Crippen LogP contribution in [0.5, 0.6) is 0 Å². The second-order valence-corrected chi connectivity index (χ2v) is 6.65. The van der Waals surface area contributed by atoms with Crippen LogP contribution in [0.2, 0.25) is 10.2 Å². The quantitative estimate of drug-likeness (QED) is 0.584. The maximum Gasteiger partial charge on any atom is 0.261 e. The van der Waals surface area contributed by atoms with E-state index in [0.717, 1.165) is 4.57 Å². The number of carbonyl (C=O) groups is 2. The van der Waals surface area contributed by atoms with Gasteiger partial charge in [0.2, 0.25) is 11.8 Å². The largest absolute Gasteiger partial charge is 0.296 e. The Kier molecular flexibility index (Phi) is 4.10. The minimum Gasteiger partial charge on any atom is -0.296 e. The number of hydrogen-bond donors (Lipinski definition) is 1. The fourth-order valence-electron chi connectivity index (χ4n) is 2.91. The van der Waals surface area contributed by atoms with Crippen LogP contribution >= 0.6 is 11.6 Å². The summed E-state index contributed by atoms with van der Waals surface area (Å²) in [6.07, 6.45) is -0.204. The molecule has 0 spiro atoms. The first-order chi connectivity index (χ1) is 11.6. The Labute approximate surface area is 152 Å². The molecule has 1 aromatic carbocycles. The number of halogens is 1. The predicted octanol–water partition coefficient (Wildman–Crippen LogP) is 0.0694. The molecular weight excluding hydrogens is 338 g/mol. The molecule has 2 aromatic rings.